The van der Waals surface area contributed by atoms with E-state index in [-0.39, 0.29) is 17.5 Å². The van der Waals surface area contributed by atoms with Gasteiger partial charge in [-0.2, -0.15) is 0 Å². The van der Waals surface area contributed by atoms with E-state index in [1.54, 1.807) is 37.5 Å². The zero-order valence-corrected chi connectivity index (χ0v) is 16.8. The van der Waals surface area contributed by atoms with Gasteiger partial charge < -0.3 is 20.3 Å². The first-order valence-electron chi connectivity index (χ1n) is 9.20. The van der Waals surface area contributed by atoms with Gasteiger partial charge in [-0.1, -0.05) is 29.8 Å². The Morgan fingerprint density at radius 1 is 1.04 bits per heavy atom. The van der Waals surface area contributed by atoms with E-state index in [2.05, 4.69) is 10.6 Å². The fraction of sp³-hybridized carbons (Fsp3) is 0.273. The van der Waals surface area contributed by atoms with Gasteiger partial charge in [-0.25, -0.2) is 0 Å². The Bertz CT molecular complexity index is 825. The number of aryl methyl sites for hydroxylation is 1. The van der Waals surface area contributed by atoms with Crippen molar-refractivity contribution in [1.29, 1.82) is 0 Å². The van der Waals surface area contributed by atoms with Gasteiger partial charge in [-0.3, -0.25) is 9.59 Å². The molecule has 2 aromatic carbocycles. The lowest BCUT2D eigenvalue weighted by Gasteiger charge is -2.12. The van der Waals surface area contributed by atoms with Crippen molar-refractivity contribution in [1.82, 2.24) is 10.6 Å². The number of carbonyl (C=O) groups is 2. The van der Waals surface area contributed by atoms with E-state index >= 15 is 0 Å². The van der Waals surface area contributed by atoms with E-state index in [1.165, 1.54) is 4.90 Å². The maximum Gasteiger partial charge on any atom is 0.268 e. The summed E-state index contributed by atoms with van der Waals surface area (Å²) in [5, 5.41) is 5.60. The van der Waals surface area contributed by atoms with Crippen LogP contribution in [0.5, 0.6) is 5.75 Å². The van der Waals surface area contributed by atoms with Gasteiger partial charge in [0.25, 0.3) is 11.8 Å². The molecular formula is C22H28N3O3+. The molecule has 148 valence electrons. The summed E-state index contributed by atoms with van der Waals surface area (Å²) in [6.45, 7) is 3.26. The molecule has 0 unspecified atom stereocenters. The summed E-state index contributed by atoms with van der Waals surface area (Å²) in [5.74, 6) is 0.0754. The van der Waals surface area contributed by atoms with Crippen molar-refractivity contribution >= 4 is 17.9 Å². The van der Waals surface area contributed by atoms with Crippen LogP contribution in [0.2, 0.25) is 0 Å². The molecule has 2 aromatic rings. The van der Waals surface area contributed by atoms with Gasteiger partial charge in [-0.05, 0) is 42.8 Å². The van der Waals surface area contributed by atoms with Gasteiger partial charge >= 0.3 is 0 Å². The van der Waals surface area contributed by atoms with Crippen LogP contribution in [0.4, 0.5) is 0 Å². The number of benzene rings is 2. The van der Waals surface area contributed by atoms with E-state index < -0.39 is 0 Å². The van der Waals surface area contributed by atoms with E-state index in [4.69, 9.17) is 4.74 Å². The molecule has 0 aromatic heterocycles. The molecule has 0 bridgehead atoms. The van der Waals surface area contributed by atoms with Crippen molar-refractivity contribution < 1.29 is 19.2 Å². The van der Waals surface area contributed by atoms with Crippen molar-refractivity contribution in [3.8, 4) is 5.75 Å². The quantitative estimate of drug-likeness (QED) is 0.598. The Kier molecular flexibility index (Phi) is 7.77. The molecule has 6 nitrogen and oxygen atoms in total. The smallest absolute Gasteiger partial charge is 0.268 e. The molecule has 2 amide bonds. The molecule has 0 radical (unpaired) electrons. The van der Waals surface area contributed by atoms with Crippen LogP contribution in [0.3, 0.4) is 0 Å². The largest absolute Gasteiger partial charge is 0.497 e. The molecule has 0 heterocycles. The standard InChI is InChI=1S/C22H27N3O3/c1-16-5-9-18(10-6-16)21(26)24-20(22(27)23-13-14-25(2)3)15-17-7-11-19(28-4)12-8-17/h5-12,15H,13-14H2,1-4H3,(H,23,27)(H,24,26)/p+1/b20-15-. The zero-order chi connectivity index (χ0) is 20.5. The molecule has 0 atom stereocenters. The molecule has 0 spiro atoms. The number of carbonyl (C=O) groups excluding carboxylic acids is 2. The van der Waals surface area contributed by atoms with Gasteiger partial charge in [0.05, 0.1) is 34.3 Å². The van der Waals surface area contributed by atoms with Gasteiger partial charge in [0, 0.05) is 5.56 Å². The maximum absolute atomic E-state index is 12.6. The minimum Gasteiger partial charge on any atom is -0.497 e. The number of hydrogen-bond donors (Lipinski definition) is 3. The topological polar surface area (TPSA) is 71.9 Å². The number of likely N-dealkylation sites (N-methyl/N-ethyl adjacent to an activating group) is 1. The second kappa shape index (κ2) is 10.3. The van der Waals surface area contributed by atoms with Crippen molar-refractivity contribution in [3.63, 3.8) is 0 Å². The summed E-state index contributed by atoms with van der Waals surface area (Å²) in [6, 6.07) is 14.5. The SMILES string of the molecule is COc1ccc(/C=C(\NC(=O)c2ccc(C)cc2)C(=O)NCC[NH+](C)C)cc1. The number of methoxy groups -OCH3 is 1. The second-order valence-corrected chi connectivity index (χ2v) is 6.86. The molecule has 0 saturated carbocycles. The number of nitrogens with one attached hydrogen (secondary N) is 3. The average Bonchev–Trinajstić information content (AvgIpc) is 2.68. The fourth-order valence-electron chi connectivity index (χ4n) is 2.45. The summed E-state index contributed by atoms with van der Waals surface area (Å²) in [4.78, 5) is 26.5. The summed E-state index contributed by atoms with van der Waals surface area (Å²) in [7, 11) is 5.62. The van der Waals surface area contributed by atoms with Crippen molar-refractivity contribution in [3.05, 3.63) is 70.9 Å². The summed E-state index contributed by atoms with van der Waals surface area (Å²) < 4.78 is 5.16. The van der Waals surface area contributed by atoms with Gasteiger partial charge in [0.15, 0.2) is 0 Å². The van der Waals surface area contributed by atoms with Crippen molar-refractivity contribution in [2.45, 2.75) is 6.92 Å². The first-order valence-corrected chi connectivity index (χ1v) is 9.20. The molecule has 6 heteroatoms. The van der Waals surface area contributed by atoms with Crippen LogP contribution < -0.4 is 20.3 Å². The molecule has 0 saturated heterocycles. The van der Waals surface area contributed by atoms with E-state index in [0.717, 1.165) is 23.4 Å². The molecule has 28 heavy (non-hydrogen) atoms. The minimum absolute atomic E-state index is 0.199. The lowest BCUT2D eigenvalue weighted by molar-refractivity contribution is -0.856. The van der Waals surface area contributed by atoms with E-state index in [0.29, 0.717) is 12.1 Å². The number of hydrogen-bond acceptors (Lipinski definition) is 3. The predicted molar refractivity (Wildman–Crippen MR) is 110 cm³/mol. The highest BCUT2D eigenvalue weighted by atomic mass is 16.5. The predicted octanol–water partition coefficient (Wildman–Crippen LogP) is 1.04. The average molecular weight is 382 g/mol. The van der Waals surface area contributed by atoms with Crippen molar-refractivity contribution in [2.24, 2.45) is 0 Å². The normalized spacial score (nSPS) is 11.2. The van der Waals surface area contributed by atoms with Gasteiger partial charge in [-0.15, -0.1) is 0 Å². The molecule has 0 aliphatic carbocycles. The molecular weight excluding hydrogens is 354 g/mol. The van der Waals surface area contributed by atoms with E-state index in [1.807, 2.05) is 45.3 Å². The Morgan fingerprint density at radius 2 is 1.68 bits per heavy atom. The third-order valence-corrected chi connectivity index (χ3v) is 4.14. The van der Waals surface area contributed by atoms with Crippen LogP contribution in [0.25, 0.3) is 6.08 Å². The molecule has 0 fully saturated rings. The zero-order valence-electron chi connectivity index (χ0n) is 16.8. The molecule has 3 N–H and O–H groups in total. The highest BCUT2D eigenvalue weighted by Gasteiger charge is 2.15. The second-order valence-electron chi connectivity index (χ2n) is 6.86. The first-order chi connectivity index (χ1) is 13.4. The number of rotatable bonds is 8. The van der Waals surface area contributed by atoms with Crippen LogP contribution in [-0.4, -0.2) is 46.1 Å². The summed E-state index contributed by atoms with van der Waals surface area (Å²) in [6.07, 6.45) is 1.66. The first kappa shape index (κ1) is 21.2. The Hall–Kier alpha value is -3.12. The molecule has 2 rings (SSSR count). The van der Waals surface area contributed by atoms with Crippen LogP contribution in [0, 0.1) is 6.92 Å². The highest BCUT2D eigenvalue weighted by molar-refractivity contribution is 6.05. The van der Waals surface area contributed by atoms with Gasteiger partial charge in [0.2, 0.25) is 0 Å². The fourth-order valence-corrected chi connectivity index (χ4v) is 2.45. The summed E-state index contributed by atoms with van der Waals surface area (Å²) >= 11 is 0. The summed E-state index contributed by atoms with van der Waals surface area (Å²) in [5.41, 5.74) is 2.55. The van der Waals surface area contributed by atoms with E-state index in [9.17, 15) is 9.59 Å². The molecule has 0 aliphatic rings. The number of amides is 2. The van der Waals surface area contributed by atoms with Crippen LogP contribution in [0.1, 0.15) is 21.5 Å². The van der Waals surface area contributed by atoms with Crippen molar-refractivity contribution in [2.75, 3.05) is 34.3 Å². The monoisotopic (exact) mass is 382 g/mol. The number of quaternary nitrogens is 1. The third-order valence-electron chi connectivity index (χ3n) is 4.14. The third kappa shape index (κ3) is 6.55. The van der Waals surface area contributed by atoms with Crippen LogP contribution in [0.15, 0.2) is 54.2 Å². The maximum atomic E-state index is 12.6. The lowest BCUT2D eigenvalue weighted by Crippen LogP contribution is -3.06. The van der Waals surface area contributed by atoms with Crippen LogP contribution >= 0.6 is 0 Å². The minimum atomic E-state index is -0.326. The highest BCUT2D eigenvalue weighted by Crippen LogP contribution is 2.14. The number of ether oxygens (including phenoxy) is 1. The Morgan fingerprint density at radius 3 is 2.25 bits per heavy atom. The Labute approximate surface area is 166 Å². The van der Waals surface area contributed by atoms with Crippen LogP contribution in [-0.2, 0) is 4.79 Å². The molecule has 0 aliphatic heterocycles. The lowest BCUT2D eigenvalue weighted by atomic mass is 10.1. The Balaban J connectivity index is 2.21. The van der Waals surface area contributed by atoms with Gasteiger partial charge in [0.1, 0.15) is 11.4 Å².